The summed E-state index contributed by atoms with van der Waals surface area (Å²) in [6.07, 6.45) is 5.43. The van der Waals surface area contributed by atoms with Gasteiger partial charge in [-0.3, -0.25) is 4.79 Å². The molecular weight excluding hydrogens is 338 g/mol. The number of nitrogen functional groups attached to an aromatic ring is 1. The Bertz CT molecular complexity index is 1020. The van der Waals surface area contributed by atoms with Crippen molar-refractivity contribution in [3.05, 3.63) is 47.4 Å². The summed E-state index contributed by atoms with van der Waals surface area (Å²) >= 11 is 0. The number of fused-ring (bicyclic) bond motifs is 1. The van der Waals surface area contributed by atoms with Crippen LogP contribution < -0.4 is 5.73 Å². The van der Waals surface area contributed by atoms with Gasteiger partial charge in [0.1, 0.15) is 18.0 Å². The minimum absolute atomic E-state index is 0.162. The quantitative estimate of drug-likeness (QED) is 0.771. The monoisotopic (exact) mass is 363 g/mol. The van der Waals surface area contributed by atoms with Crippen molar-refractivity contribution in [2.75, 3.05) is 18.8 Å². The zero-order valence-electron chi connectivity index (χ0n) is 16.1. The Hall–Kier alpha value is -2.89. The van der Waals surface area contributed by atoms with E-state index in [0.29, 0.717) is 11.7 Å². The first-order chi connectivity index (χ1) is 13.0. The normalized spacial score (nSPS) is 14.0. The predicted octanol–water partition coefficient (Wildman–Crippen LogP) is 3.36. The number of hydrogen-bond donors (Lipinski definition) is 1. The summed E-state index contributed by atoms with van der Waals surface area (Å²) in [5.74, 6) is 1.78. The van der Waals surface area contributed by atoms with Gasteiger partial charge >= 0.3 is 0 Å². The molecule has 1 fully saturated rings. The highest BCUT2D eigenvalue weighted by atomic mass is 16.2. The second-order valence-electron chi connectivity index (χ2n) is 7.71. The molecule has 0 radical (unpaired) electrons. The number of benzene rings is 1. The summed E-state index contributed by atoms with van der Waals surface area (Å²) in [6, 6.07) is 5.93. The molecule has 3 heterocycles. The number of nitrogens with zero attached hydrogens (tertiary/aromatic N) is 4. The molecular formula is C21H25N5O. The second-order valence-corrected chi connectivity index (χ2v) is 7.71. The highest BCUT2D eigenvalue weighted by Gasteiger charge is 2.27. The molecule has 4 rings (SSSR count). The lowest BCUT2D eigenvalue weighted by Gasteiger charge is -2.32. The Morgan fingerprint density at radius 3 is 2.67 bits per heavy atom. The number of hydrogen-bond acceptors (Lipinski definition) is 4. The fourth-order valence-corrected chi connectivity index (χ4v) is 3.79. The molecule has 0 unspecified atom stereocenters. The van der Waals surface area contributed by atoms with Crippen LogP contribution >= 0.6 is 0 Å². The number of likely N-dealkylation sites (tertiary alicyclic amines) is 1. The number of aryl methyl sites for hydroxylation is 1. The van der Waals surface area contributed by atoms with Crippen LogP contribution in [0.2, 0.25) is 0 Å². The van der Waals surface area contributed by atoms with Gasteiger partial charge in [0, 0.05) is 36.3 Å². The van der Waals surface area contributed by atoms with E-state index in [1.807, 2.05) is 22.6 Å². The van der Waals surface area contributed by atoms with Crippen molar-refractivity contribution >= 4 is 22.6 Å². The number of rotatable bonds is 4. The maximum atomic E-state index is 13.1. The largest absolute Gasteiger partial charge is 0.384 e. The van der Waals surface area contributed by atoms with Gasteiger partial charge in [-0.25, -0.2) is 9.97 Å². The summed E-state index contributed by atoms with van der Waals surface area (Å²) < 4.78 is 2.02. The maximum Gasteiger partial charge on any atom is 0.254 e. The van der Waals surface area contributed by atoms with Gasteiger partial charge in [0.2, 0.25) is 0 Å². The van der Waals surface area contributed by atoms with Crippen LogP contribution in [-0.2, 0) is 6.42 Å². The summed E-state index contributed by atoms with van der Waals surface area (Å²) in [7, 11) is 0. The number of anilines is 1. The molecule has 1 aliphatic rings. The van der Waals surface area contributed by atoms with Crippen molar-refractivity contribution in [1.82, 2.24) is 19.4 Å². The molecule has 3 aromatic rings. The first kappa shape index (κ1) is 17.5. The molecule has 0 atom stereocenters. The third-order valence-corrected chi connectivity index (χ3v) is 5.19. The van der Waals surface area contributed by atoms with Crippen LogP contribution in [0.15, 0.2) is 30.7 Å². The van der Waals surface area contributed by atoms with Gasteiger partial charge in [-0.15, -0.1) is 0 Å². The lowest BCUT2D eigenvalue weighted by Crippen LogP contribution is -2.42. The number of amides is 1. The lowest BCUT2D eigenvalue weighted by molar-refractivity contribution is 0.0650. The standard InChI is InChI=1S/C21H25N5O/c1-13(2)9-16-15-5-8-26(19-11-18(22)23-12-24-19)17(15)10-14(3)20(16)21(27)25-6-4-7-25/h5,8,10-13H,4,6-7,9H2,1-3H3,(H2,22,23,24). The molecule has 1 aliphatic heterocycles. The van der Waals surface area contributed by atoms with Crippen LogP contribution in [0.1, 0.15) is 41.8 Å². The Morgan fingerprint density at radius 2 is 2.04 bits per heavy atom. The van der Waals surface area contributed by atoms with Crippen LogP contribution in [0, 0.1) is 12.8 Å². The van der Waals surface area contributed by atoms with Crippen molar-refractivity contribution < 1.29 is 4.79 Å². The number of carbonyl (C=O) groups excluding carboxylic acids is 1. The highest BCUT2D eigenvalue weighted by Crippen LogP contribution is 2.32. The topological polar surface area (TPSA) is 77.0 Å². The smallest absolute Gasteiger partial charge is 0.254 e. The van der Waals surface area contributed by atoms with Gasteiger partial charge in [0.25, 0.3) is 5.91 Å². The minimum Gasteiger partial charge on any atom is -0.384 e. The van der Waals surface area contributed by atoms with E-state index >= 15 is 0 Å². The first-order valence-corrected chi connectivity index (χ1v) is 9.46. The zero-order chi connectivity index (χ0) is 19.1. The van der Waals surface area contributed by atoms with Crippen molar-refractivity contribution in [1.29, 1.82) is 0 Å². The van der Waals surface area contributed by atoms with Crippen LogP contribution in [-0.4, -0.2) is 38.4 Å². The van der Waals surface area contributed by atoms with E-state index in [0.717, 1.165) is 59.3 Å². The second kappa shape index (κ2) is 6.68. The van der Waals surface area contributed by atoms with E-state index < -0.39 is 0 Å². The predicted molar refractivity (Wildman–Crippen MR) is 107 cm³/mol. The molecule has 1 amide bonds. The molecule has 2 aromatic heterocycles. The number of aromatic nitrogens is 3. The average Bonchev–Trinajstić information content (AvgIpc) is 2.96. The number of nitrogens with two attached hydrogens (primary N) is 1. The molecule has 27 heavy (non-hydrogen) atoms. The maximum absolute atomic E-state index is 13.1. The van der Waals surface area contributed by atoms with Crippen molar-refractivity contribution in [3.8, 4) is 5.82 Å². The molecule has 0 spiro atoms. The van der Waals surface area contributed by atoms with Crippen molar-refractivity contribution in [3.63, 3.8) is 0 Å². The summed E-state index contributed by atoms with van der Waals surface area (Å²) in [5, 5.41) is 1.11. The zero-order valence-corrected chi connectivity index (χ0v) is 16.1. The van der Waals surface area contributed by atoms with Gasteiger partial charge < -0.3 is 15.2 Å². The van der Waals surface area contributed by atoms with Gasteiger partial charge in [-0.1, -0.05) is 13.8 Å². The van der Waals surface area contributed by atoms with E-state index in [1.165, 1.54) is 6.33 Å². The van der Waals surface area contributed by atoms with Crippen molar-refractivity contribution in [2.24, 2.45) is 5.92 Å². The summed E-state index contributed by atoms with van der Waals surface area (Å²) in [4.78, 5) is 23.4. The van der Waals surface area contributed by atoms with E-state index in [1.54, 1.807) is 6.07 Å². The van der Waals surface area contributed by atoms with E-state index in [2.05, 4.69) is 35.9 Å². The van der Waals surface area contributed by atoms with Gasteiger partial charge in [-0.2, -0.15) is 0 Å². The Labute approximate surface area is 159 Å². The minimum atomic E-state index is 0.162. The molecule has 6 nitrogen and oxygen atoms in total. The summed E-state index contributed by atoms with van der Waals surface area (Å²) in [6.45, 7) is 8.13. The molecule has 0 saturated carbocycles. The average molecular weight is 363 g/mol. The molecule has 0 bridgehead atoms. The van der Waals surface area contributed by atoms with Gasteiger partial charge in [0.15, 0.2) is 0 Å². The van der Waals surface area contributed by atoms with Gasteiger partial charge in [-0.05, 0) is 48.9 Å². The molecule has 0 aliphatic carbocycles. The molecule has 1 aromatic carbocycles. The van der Waals surface area contributed by atoms with E-state index in [9.17, 15) is 4.79 Å². The fraction of sp³-hybridized carbons (Fsp3) is 0.381. The van der Waals surface area contributed by atoms with Crippen LogP contribution in [0.3, 0.4) is 0 Å². The Morgan fingerprint density at radius 1 is 1.26 bits per heavy atom. The highest BCUT2D eigenvalue weighted by molar-refractivity contribution is 6.03. The van der Waals surface area contributed by atoms with E-state index in [-0.39, 0.29) is 5.91 Å². The third-order valence-electron chi connectivity index (χ3n) is 5.19. The third kappa shape index (κ3) is 3.05. The van der Waals surface area contributed by atoms with E-state index in [4.69, 9.17) is 5.73 Å². The molecule has 6 heteroatoms. The Balaban J connectivity index is 1.92. The van der Waals surface area contributed by atoms with Crippen LogP contribution in [0.25, 0.3) is 16.7 Å². The summed E-state index contributed by atoms with van der Waals surface area (Å²) in [5.41, 5.74) is 9.90. The molecule has 1 saturated heterocycles. The van der Waals surface area contributed by atoms with Crippen LogP contribution in [0.4, 0.5) is 5.82 Å². The fourth-order valence-electron chi connectivity index (χ4n) is 3.79. The lowest BCUT2D eigenvalue weighted by atomic mass is 9.90. The first-order valence-electron chi connectivity index (χ1n) is 9.46. The SMILES string of the molecule is Cc1cc2c(ccn2-c2cc(N)ncn2)c(CC(C)C)c1C(=O)N1CCC1. The van der Waals surface area contributed by atoms with Crippen LogP contribution in [0.5, 0.6) is 0 Å². The molecule has 2 N–H and O–H groups in total. The molecule has 140 valence electrons. The van der Waals surface area contributed by atoms with Gasteiger partial charge in [0.05, 0.1) is 5.52 Å². The Kier molecular flexibility index (Phi) is 4.34. The van der Waals surface area contributed by atoms with Crippen molar-refractivity contribution in [2.45, 2.75) is 33.6 Å². The number of carbonyl (C=O) groups is 1.